The minimum Gasteiger partial charge on any atom is -0.493 e. The first kappa shape index (κ1) is 28.2. The molecule has 0 atom stereocenters. The number of nitrogens with one attached hydrogen (secondary N) is 1. The summed E-state index contributed by atoms with van der Waals surface area (Å²) in [7, 11) is 0. The van der Waals surface area contributed by atoms with Gasteiger partial charge in [0.25, 0.3) is 0 Å². The molecule has 0 fully saturated rings. The number of benzene rings is 4. The van der Waals surface area contributed by atoms with E-state index in [0.29, 0.717) is 19.6 Å². The lowest BCUT2D eigenvalue weighted by Gasteiger charge is -2.12. The molecule has 5 nitrogen and oxygen atoms in total. The van der Waals surface area contributed by atoms with E-state index in [1.165, 1.54) is 22.2 Å². The molecule has 4 aromatic carbocycles. The molecule has 5 heteroatoms. The number of nitrogens with zero attached hydrogens (tertiary/aromatic N) is 2. The number of aromatic nitrogens is 2. The largest absolute Gasteiger partial charge is 0.493 e. The van der Waals surface area contributed by atoms with Crippen LogP contribution in [-0.2, 0) is 24.2 Å². The molecular weight excluding hydrogens is 506 g/mol. The number of carbonyl (C=O) groups excluding carboxylic acids is 1. The lowest BCUT2D eigenvalue weighted by molar-refractivity contribution is -0.120. The number of unbranched alkanes of at least 4 members (excludes halogenated alkanes) is 1. The average Bonchev–Trinajstić information content (AvgIpc) is 3.34. The molecule has 1 N–H and O–H groups in total. The molecule has 1 aromatic heterocycles. The molecule has 0 aliphatic carbocycles. The van der Waals surface area contributed by atoms with Crippen LogP contribution in [0.5, 0.6) is 5.75 Å². The van der Waals surface area contributed by atoms with Crippen molar-refractivity contribution in [3.8, 4) is 16.9 Å². The van der Waals surface area contributed by atoms with Crippen LogP contribution in [0.25, 0.3) is 22.2 Å². The van der Waals surface area contributed by atoms with Crippen LogP contribution < -0.4 is 10.1 Å². The topological polar surface area (TPSA) is 56.1 Å². The highest BCUT2D eigenvalue weighted by atomic mass is 16.5. The number of carbonyl (C=O) groups is 1. The molecule has 5 aromatic rings. The molecular formula is C36H39N3O2. The van der Waals surface area contributed by atoms with E-state index >= 15 is 0 Å². The molecule has 0 saturated carbocycles. The monoisotopic (exact) mass is 545 g/mol. The first-order chi connectivity index (χ1) is 20.1. The van der Waals surface area contributed by atoms with E-state index < -0.39 is 0 Å². The maximum absolute atomic E-state index is 12.6. The molecule has 0 spiro atoms. The van der Waals surface area contributed by atoms with Crippen molar-refractivity contribution >= 4 is 16.9 Å². The van der Waals surface area contributed by atoms with Crippen molar-refractivity contribution < 1.29 is 9.53 Å². The first-order valence-electron chi connectivity index (χ1n) is 14.6. The smallest absolute Gasteiger partial charge is 0.224 e. The fourth-order valence-corrected chi connectivity index (χ4v) is 5.25. The van der Waals surface area contributed by atoms with Crippen LogP contribution in [-0.4, -0.2) is 28.6 Å². The minimum absolute atomic E-state index is 0.0507. The normalized spacial score (nSPS) is 11.1. The summed E-state index contributed by atoms with van der Waals surface area (Å²) >= 11 is 0. The van der Waals surface area contributed by atoms with Gasteiger partial charge >= 0.3 is 0 Å². The Bertz CT molecular complexity index is 1570. The summed E-state index contributed by atoms with van der Waals surface area (Å²) in [6.45, 7) is 6.43. The third kappa shape index (κ3) is 7.63. The molecule has 0 saturated heterocycles. The van der Waals surface area contributed by atoms with Crippen molar-refractivity contribution in [2.24, 2.45) is 0 Å². The first-order valence-corrected chi connectivity index (χ1v) is 14.6. The second kappa shape index (κ2) is 13.8. The van der Waals surface area contributed by atoms with Gasteiger partial charge in [-0.25, -0.2) is 4.98 Å². The van der Waals surface area contributed by atoms with Gasteiger partial charge in [0.2, 0.25) is 5.91 Å². The van der Waals surface area contributed by atoms with Crippen molar-refractivity contribution in [1.29, 1.82) is 0 Å². The second-order valence-electron chi connectivity index (χ2n) is 10.7. The summed E-state index contributed by atoms with van der Waals surface area (Å²) in [5.74, 6) is 2.10. The zero-order valence-corrected chi connectivity index (χ0v) is 24.1. The summed E-state index contributed by atoms with van der Waals surface area (Å²) in [5.41, 5.74) is 7.98. The van der Waals surface area contributed by atoms with Gasteiger partial charge in [0.1, 0.15) is 11.6 Å². The van der Waals surface area contributed by atoms with Crippen LogP contribution in [0.4, 0.5) is 0 Å². The standard InChI is InChI=1S/C36H39N3O2/c1-27-16-21-34(28(2)25-27)41-24-9-8-23-39-33-14-7-6-13-32(33)38-35(39)15-10-22-37-36(40)26-29-17-19-31(20-18-29)30-11-4-3-5-12-30/h3-7,11-14,16-21,25H,8-10,15,22-24,26H2,1-2H3,(H,37,40). The SMILES string of the molecule is Cc1ccc(OCCCCn2c(CCCNC(=O)Cc3ccc(-c4ccccc4)cc3)nc3ccccc32)c(C)c1. The van der Waals surface area contributed by atoms with E-state index in [0.717, 1.165) is 60.4 Å². The van der Waals surface area contributed by atoms with Crippen molar-refractivity contribution in [3.63, 3.8) is 0 Å². The molecule has 0 radical (unpaired) electrons. The van der Waals surface area contributed by atoms with Gasteiger partial charge in [-0.15, -0.1) is 0 Å². The number of aryl methyl sites for hydroxylation is 4. The lowest BCUT2D eigenvalue weighted by atomic mass is 10.0. The summed E-state index contributed by atoms with van der Waals surface area (Å²) in [6.07, 6.45) is 4.04. The number of fused-ring (bicyclic) bond motifs is 1. The number of rotatable bonds is 13. The van der Waals surface area contributed by atoms with Crippen molar-refractivity contribution in [2.45, 2.75) is 52.5 Å². The van der Waals surface area contributed by atoms with Crippen molar-refractivity contribution in [1.82, 2.24) is 14.9 Å². The third-order valence-electron chi connectivity index (χ3n) is 7.42. The second-order valence-corrected chi connectivity index (χ2v) is 10.7. The number of amides is 1. The number of para-hydroxylation sites is 2. The van der Waals surface area contributed by atoms with Gasteiger partial charge in [-0.05, 0) is 73.6 Å². The number of imidazole rings is 1. The van der Waals surface area contributed by atoms with Gasteiger partial charge in [0.05, 0.1) is 24.1 Å². The number of ether oxygens (including phenoxy) is 1. The zero-order valence-electron chi connectivity index (χ0n) is 24.1. The lowest BCUT2D eigenvalue weighted by Crippen LogP contribution is -2.26. The Balaban J connectivity index is 1.08. The van der Waals surface area contributed by atoms with Crippen molar-refractivity contribution in [3.05, 3.63) is 120 Å². The Hall–Kier alpha value is -4.38. The molecule has 5 rings (SSSR count). The highest BCUT2D eigenvalue weighted by Crippen LogP contribution is 2.21. The van der Waals surface area contributed by atoms with E-state index in [2.05, 4.69) is 84.4 Å². The van der Waals surface area contributed by atoms with Crippen molar-refractivity contribution in [2.75, 3.05) is 13.2 Å². The molecule has 0 aliphatic heterocycles. The Labute approximate surface area is 243 Å². The number of hydrogen-bond donors (Lipinski definition) is 1. The maximum atomic E-state index is 12.6. The molecule has 1 amide bonds. The fourth-order valence-electron chi connectivity index (χ4n) is 5.25. The Kier molecular flexibility index (Phi) is 9.48. The molecule has 0 bridgehead atoms. The predicted molar refractivity (Wildman–Crippen MR) is 167 cm³/mol. The van der Waals surface area contributed by atoms with Gasteiger partial charge in [0, 0.05) is 19.5 Å². The molecule has 210 valence electrons. The van der Waals surface area contributed by atoms with Gasteiger partial charge in [-0.1, -0.05) is 84.4 Å². The van der Waals surface area contributed by atoms with Crippen LogP contribution >= 0.6 is 0 Å². The van der Waals surface area contributed by atoms with Crippen LogP contribution in [0.3, 0.4) is 0 Å². The average molecular weight is 546 g/mol. The van der Waals surface area contributed by atoms with Crippen LogP contribution in [0.15, 0.2) is 97.1 Å². The van der Waals surface area contributed by atoms with Gasteiger partial charge < -0.3 is 14.6 Å². The van der Waals surface area contributed by atoms with Crippen LogP contribution in [0, 0.1) is 13.8 Å². The van der Waals surface area contributed by atoms with Gasteiger partial charge in [-0.3, -0.25) is 4.79 Å². The van der Waals surface area contributed by atoms with E-state index in [9.17, 15) is 4.79 Å². The van der Waals surface area contributed by atoms with E-state index in [-0.39, 0.29) is 5.91 Å². The molecule has 41 heavy (non-hydrogen) atoms. The van der Waals surface area contributed by atoms with Gasteiger partial charge in [-0.2, -0.15) is 0 Å². The maximum Gasteiger partial charge on any atom is 0.224 e. The predicted octanol–water partition coefficient (Wildman–Crippen LogP) is 7.47. The molecule has 1 heterocycles. The van der Waals surface area contributed by atoms with E-state index in [4.69, 9.17) is 9.72 Å². The highest BCUT2D eigenvalue weighted by molar-refractivity contribution is 5.79. The quantitative estimate of drug-likeness (QED) is 0.156. The fraction of sp³-hybridized carbons (Fsp3) is 0.278. The third-order valence-corrected chi connectivity index (χ3v) is 7.42. The van der Waals surface area contributed by atoms with E-state index in [1.54, 1.807) is 0 Å². The summed E-state index contributed by atoms with van der Waals surface area (Å²) < 4.78 is 8.37. The Morgan fingerprint density at radius 3 is 2.39 bits per heavy atom. The summed E-state index contributed by atoms with van der Waals surface area (Å²) in [5, 5.41) is 3.09. The highest BCUT2D eigenvalue weighted by Gasteiger charge is 2.11. The summed E-state index contributed by atoms with van der Waals surface area (Å²) in [6, 6.07) is 33.2. The molecule has 0 aliphatic rings. The Morgan fingerprint density at radius 1 is 0.829 bits per heavy atom. The van der Waals surface area contributed by atoms with E-state index in [1.807, 2.05) is 36.4 Å². The van der Waals surface area contributed by atoms with Crippen LogP contribution in [0.1, 0.15) is 41.8 Å². The Morgan fingerprint density at radius 2 is 1.59 bits per heavy atom. The minimum atomic E-state index is 0.0507. The van der Waals surface area contributed by atoms with Crippen LogP contribution in [0.2, 0.25) is 0 Å². The van der Waals surface area contributed by atoms with Gasteiger partial charge in [0.15, 0.2) is 0 Å². The zero-order chi connectivity index (χ0) is 28.4. The molecule has 0 unspecified atom stereocenters. The number of hydrogen-bond acceptors (Lipinski definition) is 3. The summed E-state index contributed by atoms with van der Waals surface area (Å²) in [4.78, 5) is 17.5.